The first kappa shape index (κ1) is 15.8. The van der Waals surface area contributed by atoms with E-state index < -0.39 is 0 Å². The number of anilines is 2. The summed E-state index contributed by atoms with van der Waals surface area (Å²) in [5.74, 6) is 1.01. The summed E-state index contributed by atoms with van der Waals surface area (Å²) in [6.45, 7) is 2.11. The molecular weight excluding hydrogens is 304 g/mol. The fourth-order valence-corrected chi connectivity index (χ4v) is 2.54. The van der Waals surface area contributed by atoms with Crippen molar-refractivity contribution in [2.24, 2.45) is 0 Å². The molecule has 1 heterocycles. The molecule has 0 amide bonds. The summed E-state index contributed by atoms with van der Waals surface area (Å²) < 4.78 is 10.5. The molecule has 0 fully saturated rings. The fourth-order valence-electron chi connectivity index (χ4n) is 2.54. The van der Waals surface area contributed by atoms with Crippen LogP contribution in [0.1, 0.15) is 17.3 Å². The van der Waals surface area contributed by atoms with Crippen LogP contribution in [0.5, 0.6) is 5.75 Å². The second-order valence-corrected chi connectivity index (χ2v) is 5.11. The Hall–Kier alpha value is -3.08. The average Bonchev–Trinajstić information content (AvgIpc) is 2.62. The van der Waals surface area contributed by atoms with Gasteiger partial charge in [0, 0.05) is 17.0 Å². The Balaban J connectivity index is 2.07. The van der Waals surface area contributed by atoms with Gasteiger partial charge in [0.25, 0.3) is 0 Å². The molecule has 0 aliphatic rings. The zero-order valence-corrected chi connectivity index (χ0v) is 13.6. The number of nitrogens with one attached hydrogen (secondary N) is 1. The summed E-state index contributed by atoms with van der Waals surface area (Å²) in [6, 6.07) is 15.2. The number of esters is 1. The number of pyridine rings is 1. The lowest BCUT2D eigenvalue weighted by atomic mass is 10.1. The normalized spacial score (nSPS) is 10.4. The molecular formula is C19H18N2O3. The van der Waals surface area contributed by atoms with Gasteiger partial charge in [0.2, 0.25) is 0 Å². The number of rotatable bonds is 5. The van der Waals surface area contributed by atoms with Crippen molar-refractivity contribution in [3.05, 3.63) is 60.3 Å². The minimum Gasteiger partial charge on any atom is -0.495 e. The largest absolute Gasteiger partial charge is 0.495 e. The maximum absolute atomic E-state index is 12.1. The van der Waals surface area contributed by atoms with Crippen LogP contribution in [0.25, 0.3) is 10.8 Å². The second kappa shape index (κ2) is 7.00. The van der Waals surface area contributed by atoms with Crippen LogP contribution in [0.3, 0.4) is 0 Å². The molecule has 5 heteroatoms. The van der Waals surface area contributed by atoms with Crippen LogP contribution < -0.4 is 10.1 Å². The Morgan fingerprint density at radius 2 is 1.79 bits per heavy atom. The van der Waals surface area contributed by atoms with E-state index in [4.69, 9.17) is 9.47 Å². The van der Waals surface area contributed by atoms with Gasteiger partial charge in [-0.25, -0.2) is 9.78 Å². The maximum atomic E-state index is 12.1. The van der Waals surface area contributed by atoms with Crippen molar-refractivity contribution < 1.29 is 14.3 Å². The number of hydrogen-bond acceptors (Lipinski definition) is 5. The minimum atomic E-state index is -0.370. The van der Waals surface area contributed by atoms with Gasteiger partial charge in [0.1, 0.15) is 11.6 Å². The van der Waals surface area contributed by atoms with Gasteiger partial charge in [0.05, 0.1) is 25.0 Å². The maximum Gasteiger partial charge on any atom is 0.340 e. The Bertz CT molecular complexity index is 877. The molecule has 2 aromatic carbocycles. The predicted octanol–water partition coefficient (Wildman–Crippen LogP) is 4.16. The van der Waals surface area contributed by atoms with E-state index in [1.807, 2.05) is 48.5 Å². The highest BCUT2D eigenvalue weighted by atomic mass is 16.5. The van der Waals surface area contributed by atoms with E-state index in [1.54, 1.807) is 14.0 Å². The quantitative estimate of drug-likeness (QED) is 0.715. The second-order valence-electron chi connectivity index (χ2n) is 5.11. The number of nitrogens with zero attached hydrogens (tertiary/aromatic N) is 1. The van der Waals surface area contributed by atoms with Gasteiger partial charge in [-0.2, -0.15) is 0 Å². The van der Waals surface area contributed by atoms with Crippen molar-refractivity contribution in [1.82, 2.24) is 4.98 Å². The lowest BCUT2D eigenvalue weighted by molar-refractivity contribution is 0.0528. The molecule has 0 aliphatic carbocycles. The molecule has 0 bridgehead atoms. The van der Waals surface area contributed by atoms with Crippen molar-refractivity contribution in [3.8, 4) is 5.75 Å². The molecule has 1 N–H and O–H groups in total. The average molecular weight is 322 g/mol. The number of benzene rings is 2. The highest BCUT2D eigenvalue weighted by Crippen LogP contribution is 2.31. The molecule has 3 rings (SSSR count). The standard InChI is InChI=1S/C19H18N2O3/c1-3-24-19(22)15-12-20-18(14-9-5-4-8-13(14)15)21-16-10-6-7-11-17(16)23-2/h4-12H,3H2,1-2H3,(H,20,21). The van der Waals surface area contributed by atoms with Crippen LogP contribution in [0.15, 0.2) is 54.7 Å². The predicted molar refractivity (Wildman–Crippen MR) is 94.0 cm³/mol. The molecule has 0 unspecified atom stereocenters. The molecule has 122 valence electrons. The molecule has 5 nitrogen and oxygen atoms in total. The summed E-state index contributed by atoms with van der Waals surface area (Å²) in [4.78, 5) is 16.5. The van der Waals surface area contributed by atoms with Gasteiger partial charge in [-0.05, 0) is 19.1 Å². The number of aromatic nitrogens is 1. The van der Waals surface area contributed by atoms with Crippen molar-refractivity contribution in [1.29, 1.82) is 0 Å². The molecule has 0 saturated heterocycles. The van der Waals surface area contributed by atoms with Crippen LogP contribution in [-0.2, 0) is 4.74 Å². The third-order valence-electron chi connectivity index (χ3n) is 3.65. The third kappa shape index (κ3) is 3.01. The van der Waals surface area contributed by atoms with E-state index in [-0.39, 0.29) is 5.97 Å². The van der Waals surface area contributed by atoms with E-state index in [0.29, 0.717) is 18.0 Å². The Morgan fingerprint density at radius 1 is 1.08 bits per heavy atom. The van der Waals surface area contributed by atoms with E-state index in [1.165, 1.54) is 6.20 Å². The van der Waals surface area contributed by atoms with E-state index in [0.717, 1.165) is 22.2 Å². The van der Waals surface area contributed by atoms with Gasteiger partial charge in [0.15, 0.2) is 0 Å². The zero-order chi connectivity index (χ0) is 16.9. The van der Waals surface area contributed by atoms with Crippen LogP contribution in [-0.4, -0.2) is 24.7 Å². The first-order valence-electron chi connectivity index (χ1n) is 7.69. The van der Waals surface area contributed by atoms with Crippen LogP contribution >= 0.6 is 0 Å². The van der Waals surface area contributed by atoms with Gasteiger partial charge in [-0.1, -0.05) is 36.4 Å². The molecule has 24 heavy (non-hydrogen) atoms. The molecule has 0 aliphatic heterocycles. The number of hydrogen-bond donors (Lipinski definition) is 1. The van der Waals surface area contributed by atoms with Crippen LogP contribution in [0.4, 0.5) is 11.5 Å². The molecule has 0 spiro atoms. The number of carbonyl (C=O) groups is 1. The van der Waals surface area contributed by atoms with Crippen molar-refractivity contribution in [2.45, 2.75) is 6.92 Å². The van der Waals surface area contributed by atoms with Gasteiger partial charge >= 0.3 is 5.97 Å². The Morgan fingerprint density at radius 3 is 2.54 bits per heavy atom. The third-order valence-corrected chi connectivity index (χ3v) is 3.65. The van der Waals surface area contributed by atoms with Crippen molar-refractivity contribution in [3.63, 3.8) is 0 Å². The SMILES string of the molecule is CCOC(=O)c1cnc(Nc2ccccc2OC)c2ccccc12. The fraction of sp³-hybridized carbons (Fsp3) is 0.158. The summed E-state index contributed by atoms with van der Waals surface area (Å²) in [7, 11) is 1.62. The lowest BCUT2D eigenvalue weighted by Crippen LogP contribution is -2.07. The molecule has 0 saturated carbocycles. The number of methoxy groups -OCH3 is 1. The number of para-hydroxylation sites is 2. The summed E-state index contributed by atoms with van der Waals surface area (Å²) in [5.41, 5.74) is 1.26. The minimum absolute atomic E-state index is 0.328. The highest BCUT2D eigenvalue weighted by Gasteiger charge is 2.15. The first-order valence-corrected chi connectivity index (χ1v) is 7.69. The van der Waals surface area contributed by atoms with Crippen molar-refractivity contribution in [2.75, 3.05) is 19.0 Å². The van der Waals surface area contributed by atoms with Gasteiger partial charge < -0.3 is 14.8 Å². The van der Waals surface area contributed by atoms with E-state index in [2.05, 4.69) is 10.3 Å². The van der Waals surface area contributed by atoms with Crippen molar-refractivity contribution >= 4 is 28.2 Å². The van der Waals surface area contributed by atoms with Gasteiger partial charge in [-0.15, -0.1) is 0 Å². The summed E-state index contributed by atoms with van der Waals surface area (Å²) in [6.07, 6.45) is 1.54. The highest BCUT2D eigenvalue weighted by molar-refractivity contribution is 6.07. The molecule has 0 atom stereocenters. The number of fused-ring (bicyclic) bond motifs is 1. The zero-order valence-electron chi connectivity index (χ0n) is 13.6. The lowest BCUT2D eigenvalue weighted by Gasteiger charge is -2.13. The Kier molecular flexibility index (Phi) is 4.61. The monoisotopic (exact) mass is 322 g/mol. The smallest absolute Gasteiger partial charge is 0.340 e. The first-order chi connectivity index (χ1) is 11.7. The van der Waals surface area contributed by atoms with Crippen LogP contribution in [0.2, 0.25) is 0 Å². The van der Waals surface area contributed by atoms with E-state index in [9.17, 15) is 4.79 Å². The molecule has 1 aromatic heterocycles. The van der Waals surface area contributed by atoms with Crippen LogP contribution in [0, 0.1) is 0 Å². The summed E-state index contributed by atoms with van der Waals surface area (Å²) >= 11 is 0. The number of carbonyl (C=O) groups excluding carboxylic acids is 1. The Labute approximate surface area is 140 Å². The number of ether oxygens (including phenoxy) is 2. The molecule has 0 radical (unpaired) electrons. The van der Waals surface area contributed by atoms with E-state index >= 15 is 0 Å². The topological polar surface area (TPSA) is 60.5 Å². The molecule has 3 aromatic rings. The summed E-state index contributed by atoms with van der Waals surface area (Å²) in [5, 5.41) is 4.91. The van der Waals surface area contributed by atoms with Gasteiger partial charge in [-0.3, -0.25) is 0 Å².